The summed E-state index contributed by atoms with van der Waals surface area (Å²) in [6.45, 7) is -0.537. The van der Waals surface area contributed by atoms with Gasteiger partial charge >= 0.3 is 0 Å². The molecule has 1 amide bonds. The molecule has 12 heteroatoms. The summed E-state index contributed by atoms with van der Waals surface area (Å²) in [6, 6.07) is 11.9. The summed E-state index contributed by atoms with van der Waals surface area (Å²) in [5.74, 6) is -0.898. The van der Waals surface area contributed by atoms with Crippen LogP contribution in [0.2, 0.25) is 5.02 Å². The summed E-state index contributed by atoms with van der Waals surface area (Å²) in [5.41, 5.74) is -0.489. The van der Waals surface area contributed by atoms with Crippen LogP contribution in [0.15, 0.2) is 58.8 Å². The largest absolute Gasteiger partial charge is 0.378 e. The highest BCUT2D eigenvalue weighted by Crippen LogP contribution is 2.38. The molecular weight excluding hydrogens is 529 g/mol. The molecule has 2 aromatic carbocycles. The Kier molecular flexibility index (Phi) is 8.49. The van der Waals surface area contributed by atoms with Crippen LogP contribution in [0.4, 0.5) is 10.1 Å². The van der Waals surface area contributed by atoms with Gasteiger partial charge in [-0.25, -0.2) is 21.2 Å². The third-order valence-electron chi connectivity index (χ3n) is 5.91. The summed E-state index contributed by atoms with van der Waals surface area (Å²) < 4.78 is 66.0. The number of alkyl halides is 1. The number of rotatable bonds is 8. The topological polar surface area (TPSA) is 104 Å². The highest BCUT2D eigenvalue weighted by molar-refractivity contribution is 7.93. The first kappa shape index (κ1) is 28.1. The quantitative estimate of drug-likeness (QED) is 0.534. The van der Waals surface area contributed by atoms with E-state index in [1.807, 2.05) is 19.0 Å². The molecular formula is C24H29ClFN3O5S2. The van der Waals surface area contributed by atoms with E-state index in [-0.39, 0.29) is 37.4 Å². The number of sulfonamides is 1. The summed E-state index contributed by atoms with van der Waals surface area (Å²) in [5, 5.41) is 3.67. The summed E-state index contributed by atoms with van der Waals surface area (Å²) in [6.07, 6.45) is 1.56. The average Bonchev–Trinajstić information content (AvgIpc) is 2.81. The van der Waals surface area contributed by atoms with Crippen molar-refractivity contribution in [1.29, 1.82) is 0 Å². The van der Waals surface area contributed by atoms with Crippen LogP contribution < -0.4 is 10.2 Å². The zero-order valence-electron chi connectivity index (χ0n) is 20.2. The molecule has 0 radical (unpaired) electrons. The second-order valence-corrected chi connectivity index (χ2v) is 13.1. The van der Waals surface area contributed by atoms with Crippen molar-refractivity contribution in [1.82, 2.24) is 9.62 Å². The maximum atomic E-state index is 15.3. The molecule has 0 aromatic heterocycles. The van der Waals surface area contributed by atoms with Gasteiger partial charge in [0.1, 0.15) is 0 Å². The monoisotopic (exact) mass is 557 g/mol. The molecule has 1 fully saturated rings. The van der Waals surface area contributed by atoms with Crippen molar-refractivity contribution < 1.29 is 26.0 Å². The van der Waals surface area contributed by atoms with Gasteiger partial charge in [-0.1, -0.05) is 35.9 Å². The minimum Gasteiger partial charge on any atom is -0.378 e. The molecule has 0 aliphatic carbocycles. The molecule has 2 aromatic rings. The van der Waals surface area contributed by atoms with Gasteiger partial charge in [0.25, 0.3) is 5.91 Å². The van der Waals surface area contributed by atoms with Crippen LogP contribution in [0.3, 0.4) is 0 Å². The van der Waals surface area contributed by atoms with Crippen molar-refractivity contribution in [3.8, 4) is 11.1 Å². The van der Waals surface area contributed by atoms with E-state index in [2.05, 4.69) is 5.32 Å². The van der Waals surface area contributed by atoms with Gasteiger partial charge in [-0.3, -0.25) is 4.79 Å². The fraction of sp³-hybridized carbons (Fsp3) is 0.375. The predicted octanol–water partition coefficient (Wildman–Crippen LogP) is 3.24. The normalized spacial score (nSPS) is 16.7. The number of hydrogen-bond donors (Lipinski definition) is 1. The lowest BCUT2D eigenvalue weighted by molar-refractivity contribution is -0.135. The maximum absolute atomic E-state index is 15.3. The van der Waals surface area contributed by atoms with Crippen LogP contribution in [-0.2, 0) is 24.7 Å². The van der Waals surface area contributed by atoms with E-state index in [4.69, 9.17) is 11.6 Å². The molecule has 1 saturated heterocycles. The average molecular weight is 558 g/mol. The second kappa shape index (κ2) is 10.9. The number of nitrogens with zero attached hydrogens (tertiary/aromatic N) is 2. The van der Waals surface area contributed by atoms with Crippen molar-refractivity contribution in [2.75, 3.05) is 44.9 Å². The molecule has 3 rings (SSSR count). The Hall–Kier alpha value is -2.47. The molecule has 36 heavy (non-hydrogen) atoms. The van der Waals surface area contributed by atoms with Crippen LogP contribution in [0.1, 0.15) is 12.8 Å². The van der Waals surface area contributed by atoms with Crippen molar-refractivity contribution in [2.24, 2.45) is 0 Å². The number of sulfone groups is 1. The van der Waals surface area contributed by atoms with Gasteiger partial charge in [0.15, 0.2) is 15.5 Å². The number of carbonyl (C=O) groups excluding carboxylic acids is 1. The predicted molar refractivity (Wildman–Crippen MR) is 140 cm³/mol. The van der Waals surface area contributed by atoms with Gasteiger partial charge in [-0.05, 0) is 24.3 Å². The van der Waals surface area contributed by atoms with Gasteiger partial charge < -0.3 is 10.2 Å². The van der Waals surface area contributed by atoms with E-state index in [1.165, 1.54) is 16.4 Å². The van der Waals surface area contributed by atoms with E-state index >= 15 is 4.39 Å². The third kappa shape index (κ3) is 6.44. The molecule has 1 aliphatic rings. The number of anilines is 1. The molecule has 0 spiro atoms. The van der Waals surface area contributed by atoms with Crippen molar-refractivity contribution >= 4 is 43.1 Å². The zero-order valence-corrected chi connectivity index (χ0v) is 22.6. The number of hydrogen-bond acceptors (Lipinski definition) is 6. The molecule has 0 saturated carbocycles. The molecule has 196 valence electrons. The van der Waals surface area contributed by atoms with Gasteiger partial charge in [0.2, 0.25) is 10.0 Å². The summed E-state index contributed by atoms with van der Waals surface area (Å²) >= 11 is 6.39. The van der Waals surface area contributed by atoms with E-state index < -0.39 is 31.4 Å². The van der Waals surface area contributed by atoms with Gasteiger partial charge in [-0.2, -0.15) is 4.31 Å². The van der Waals surface area contributed by atoms with Crippen molar-refractivity contribution in [2.45, 2.75) is 23.4 Å². The highest BCUT2D eigenvalue weighted by atomic mass is 35.5. The Morgan fingerprint density at radius 2 is 1.75 bits per heavy atom. The van der Waals surface area contributed by atoms with Crippen LogP contribution in [0.25, 0.3) is 11.1 Å². The Bertz CT molecular complexity index is 1370. The summed E-state index contributed by atoms with van der Waals surface area (Å²) in [4.78, 5) is 14.3. The molecule has 0 bridgehead atoms. The Labute approximate surface area is 216 Å². The van der Waals surface area contributed by atoms with Crippen LogP contribution in [0, 0.1) is 0 Å². The second-order valence-electron chi connectivity index (χ2n) is 8.84. The fourth-order valence-electron chi connectivity index (χ4n) is 3.89. The third-order valence-corrected chi connectivity index (χ3v) is 8.88. The molecule has 1 aliphatic heterocycles. The molecule has 1 heterocycles. The van der Waals surface area contributed by atoms with Crippen molar-refractivity contribution in [3.63, 3.8) is 0 Å². The molecule has 1 N–H and O–H groups in total. The summed E-state index contributed by atoms with van der Waals surface area (Å²) in [7, 11) is -3.71. The van der Waals surface area contributed by atoms with Gasteiger partial charge in [0, 0.05) is 80.1 Å². The standard InChI is InChI=1S/C24H29ClFN3O5S2/c1-28(2)18-9-10-22(20(17-18)19-7-4-5-8-21(19)25)36(33,34)29-14-11-24(26,12-15-29)23(30)27-13-6-16-35(3,31)32/h4-10,16-17H,11-15H2,1-3H3,(H,27,30)/b16-6+. The lowest BCUT2D eigenvalue weighted by atomic mass is 9.93. The fourth-order valence-corrected chi connectivity index (χ4v) is 6.20. The number of piperidine rings is 1. The molecule has 8 nitrogen and oxygen atoms in total. The number of carbonyl (C=O) groups is 1. The van der Waals surface area contributed by atoms with Gasteiger partial charge in [-0.15, -0.1) is 0 Å². The van der Waals surface area contributed by atoms with Crippen LogP contribution in [-0.4, -0.2) is 72.7 Å². The first-order valence-electron chi connectivity index (χ1n) is 11.1. The Morgan fingerprint density at radius 3 is 2.33 bits per heavy atom. The smallest absolute Gasteiger partial charge is 0.258 e. The van der Waals surface area contributed by atoms with E-state index in [0.717, 1.165) is 17.4 Å². The Balaban J connectivity index is 1.83. The van der Waals surface area contributed by atoms with Crippen LogP contribution >= 0.6 is 11.6 Å². The van der Waals surface area contributed by atoms with E-state index in [0.29, 0.717) is 16.1 Å². The first-order valence-corrected chi connectivity index (χ1v) is 14.9. The molecule has 0 atom stereocenters. The number of halogens is 2. The van der Waals surface area contributed by atoms with Crippen LogP contribution in [0.5, 0.6) is 0 Å². The van der Waals surface area contributed by atoms with E-state index in [1.54, 1.807) is 36.4 Å². The number of nitrogens with one attached hydrogen (secondary N) is 1. The van der Waals surface area contributed by atoms with Gasteiger partial charge in [0.05, 0.1) is 4.90 Å². The molecule has 0 unspecified atom stereocenters. The minimum absolute atomic E-state index is 0.0444. The highest BCUT2D eigenvalue weighted by Gasteiger charge is 2.44. The number of benzene rings is 2. The van der Waals surface area contributed by atoms with Crippen molar-refractivity contribution in [3.05, 3.63) is 59.0 Å². The lowest BCUT2D eigenvalue weighted by Gasteiger charge is -2.35. The maximum Gasteiger partial charge on any atom is 0.258 e. The van der Waals surface area contributed by atoms with E-state index in [9.17, 15) is 21.6 Å². The number of amides is 1. The minimum atomic E-state index is -4.03. The Morgan fingerprint density at radius 1 is 1.11 bits per heavy atom. The zero-order chi connectivity index (χ0) is 26.7. The lowest BCUT2D eigenvalue weighted by Crippen LogP contribution is -2.52. The first-order chi connectivity index (χ1) is 16.7. The SMILES string of the molecule is CN(C)c1ccc(S(=O)(=O)N2CCC(F)(C(=O)NC/C=C/S(C)(=O)=O)CC2)c(-c2ccccc2Cl)c1.